The van der Waals surface area contributed by atoms with Crippen LogP contribution in [0.5, 0.6) is 0 Å². The van der Waals surface area contributed by atoms with Crippen LogP contribution in [-0.4, -0.2) is 51.4 Å². The molecule has 0 bridgehead atoms. The van der Waals surface area contributed by atoms with Gasteiger partial charge >= 0.3 is 5.97 Å². The van der Waals surface area contributed by atoms with Crippen LogP contribution in [0.2, 0.25) is 0 Å². The van der Waals surface area contributed by atoms with E-state index in [1.54, 1.807) is 10.3 Å². The number of aliphatic carboxylic acids is 1. The first-order valence-corrected chi connectivity index (χ1v) is 8.64. The smallest absolute Gasteiger partial charge is 0.306 e. The molecule has 7 nitrogen and oxygen atoms in total. The highest BCUT2D eigenvalue weighted by Crippen LogP contribution is 2.28. The van der Waals surface area contributed by atoms with Crippen molar-refractivity contribution in [3.05, 3.63) is 16.1 Å². The maximum Gasteiger partial charge on any atom is 0.306 e. The molecule has 8 heteroatoms. The van der Waals surface area contributed by atoms with Crippen molar-refractivity contribution in [2.45, 2.75) is 44.7 Å². The Morgan fingerprint density at radius 2 is 2.13 bits per heavy atom. The van der Waals surface area contributed by atoms with Crippen molar-refractivity contribution in [2.75, 3.05) is 6.54 Å². The molecule has 1 atom stereocenters. The van der Waals surface area contributed by atoms with Gasteiger partial charge in [-0.15, -0.1) is 11.3 Å². The highest BCUT2D eigenvalue weighted by Gasteiger charge is 2.36. The van der Waals surface area contributed by atoms with E-state index in [9.17, 15) is 14.4 Å². The zero-order valence-electron chi connectivity index (χ0n) is 12.8. The molecule has 2 fully saturated rings. The van der Waals surface area contributed by atoms with Crippen LogP contribution in [0.3, 0.4) is 0 Å². The fourth-order valence-corrected chi connectivity index (χ4v) is 3.74. The number of rotatable bonds is 4. The van der Waals surface area contributed by atoms with Crippen LogP contribution in [0.4, 0.5) is 0 Å². The van der Waals surface area contributed by atoms with E-state index in [0.29, 0.717) is 18.5 Å². The number of aromatic nitrogens is 1. The highest BCUT2D eigenvalue weighted by atomic mass is 32.1. The first-order chi connectivity index (χ1) is 11.0. The largest absolute Gasteiger partial charge is 0.481 e. The Labute approximate surface area is 137 Å². The number of amides is 2. The fraction of sp³-hybridized carbons (Fsp3) is 0.600. The van der Waals surface area contributed by atoms with E-state index >= 15 is 0 Å². The number of likely N-dealkylation sites (tertiary alicyclic amines) is 1. The minimum atomic E-state index is -0.822. The summed E-state index contributed by atoms with van der Waals surface area (Å²) in [4.78, 5) is 41.2. The summed E-state index contributed by atoms with van der Waals surface area (Å²) in [6.07, 6.45) is 2.89. The lowest BCUT2D eigenvalue weighted by atomic mass is 9.80. The summed E-state index contributed by atoms with van der Waals surface area (Å²) in [6.45, 7) is 2.75. The lowest BCUT2D eigenvalue weighted by Gasteiger charge is -2.32. The summed E-state index contributed by atoms with van der Waals surface area (Å²) in [5.41, 5.74) is 0.311. The number of carbonyl (C=O) groups is 3. The lowest BCUT2D eigenvalue weighted by molar-refractivity contribution is -0.145. The molecule has 0 unspecified atom stereocenters. The molecule has 1 aliphatic carbocycles. The molecule has 124 valence electrons. The van der Waals surface area contributed by atoms with Gasteiger partial charge in [0, 0.05) is 24.0 Å². The Bertz CT molecular complexity index is 638. The molecule has 2 amide bonds. The SMILES string of the molecule is C[C@H]1CCCN1C(=O)c1csc(C(=O)NC2CC(C(=O)O)C2)n1. The Hall–Kier alpha value is -1.96. The molecule has 2 heterocycles. The molecule has 0 aromatic carbocycles. The topological polar surface area (TPSA) is 99.6 Å². The normalized spacial score (nSPS) is 26.7. The van der Waals surface area contributed by atoms with E-state index in [4.69, 9.17) is 5.11 Å². The van der Waals surface area contributed by atoms with Crippen molar-refractivity contribution < 1.29 is 19.5 Å². The van der Waals surface area contributed by atoms with Crippen molar-refractivity contribution in [3.8, 4) is 0 Å². The Morgan fingerprint density at radius 1 is 1.39 bits per heavy atom. The second-order valence-corrected chi connectivity index (χ2v) is 7.06. The van der Waals surface area contributed by atoms with E-state index < -0.39 is 5.97 Å². The Balaban J connectivity index is 1.57. The van der Waals surface area contributed by atoms with Gasteiger partial charge in [0.05, 0.1) is 5.92 Å². The number of carboxylic acids is 1. The second kappa shape index (κ2) is 6.27. The quantitative estimate of drug-likeness (QED) is 0.864. The average molecular weight is 337 g/mol. The molecule has 3 rings (SSSR count). The van der Waals surface area contributed by atoms with Crippen LogP contribution in [0, 0.1) is 5.92 Å². The van der Waals surface area contributed by atoms with Crippen LogP contribution in [0.15, 0.2) is 5.38 Å². The number of carbonyl (C=O) groups excluding carboxylic acids is 2. The molecule has 2 aliphatic rings. The van der Waals surface area contributed by atoms with Gasteiger partial charge < -0.3 is 15.3 Å². The van der Waals surface area contributed by atoms with Crippen molar-refractivity contribution in [3.63, 3.8) is 0 Å². The number of carboxylic acid groups (broad SMARTS) is 1. The van der Waals surface area contributed by atoms with Gasteiger partial charge in [0.25, 0.3) is 11.8 Å². The minimum Gasteiger partial charge on any atom is -0.481 e. The van der Waals surface area contributed by atoms with Gasteiger partial charge in [0.1, 0.15) is 5.69 Å². The summed E-state index contributed by atoms with van der Waals surface area (Å²) in [5.74, 6) is -1.65. The fourth-order valence-electron chi connectivity index (χ4n) is 3.04. The van der Waals surface area contributed by atoms with Crippen molar-refractivity contribution >= 4 is 29.1 Å². The van der Waals surface area contributed by atoms with Crippen LogP contribution < -0.4 is 5.32 Å². The van der Waals surface area contributed by atoms with Gasteiger partial charge in [-0.25, -0.2) is 4.98 Å². The van der Waals surface area contributed by atoms with Crippen molar-refractivity contribution in [2.24, 2.45) is 5.92 Å². The van der Waals surface area contributed by atoms with E-state index in [0.717, 1.165) is 30.7 Å². The standard InChI is InChI=1S/C15H19N3O4S/c1-8-3-2-4-18(8)14(20)11-7-23-13(17-11)12(19)16-10-5-9(6-10)15(21)22/h7-10H,2-6H2,1H3,(H,16,19)(H,21,22)/t8-,9?,10?/m0/s1. The maximum absolute atomic E-state index is 12.4. The lowest BCUT2D eigenvalue weighted by Crippen LogP contribution is -2.46. The molecule has 0 spiro atoms. The molecule has 2 N–H and O–H groups in total. The molecule has 1 aromatic rings. The summed E-state index contributed by atoms with van der Waals surface area (Å²) in [6, 6.07) is 0.0923. The van der Waals surface area contributed by atoms with Crippen LogP contribution in [0.1, 0.15) is 52.9 Å². The summed E-state index contributed by atoms with van der Waals surface area (Å²) < 4.78 is 0. The number of nitrogens with zero attached hydrogens (tertiary/aromatic N) is 2. The Morgan fingerprint density at radius 3 is 2.74 bits per heavy atom. The summed E-state index contributed by atoms with van der Waals surface area (Å²) in [5, 5.41) is 13.5. The highest BCUT2D eigenvalue weighted by molar-refractivity contribution is 7.11. The van der Waals surface area contributed by atoms with Gasteiger partial charge in [-0.2, -0.15) is 0 Å². The zero-order valence-corrected chi connectivity index (χ0v) is 13.6. The van der Waals surface area contributed by atoms with E-state index in [-0.39, 0.29) is 34.8 Å². The van der Waals surface area contributed by atoms with Gasteiger partial charge in [-0.05, 0) is 32.6 Å². The monoisotopic (exact) mass is 337 g/mol. The van der Waals surface area contributed by atoms with Gasteiger partial charge in [-0.1, -0.05) is 0 Å². The van der Waals surface area contributed by atoms with Gasteiger partial charge in [0.15, 0.2) is 5.01 Å². The molecular weight excluding hydrogens is 318 g/mol. The zero-order chi connectivity index (χ0) is 16.6. The molecular formula is C15H19N3O4S. The third kappa shape index (κ3) is 3.21. The van der Waals surface area contributed by atoms with Gasteiger partial charge in [-0.3, -0.25) is 14.4 Å². The van der Waals surface area contributed by atoms with Gasteiger partial charge in [0.2, 0.25) is 0 Å². The molecule has 0 radical (unpaired) electrons. The number of hydrogen-bond donors (Lipinski definition) is 2. The Kier molecular flexibility index (Phi) is 4.34. The molecule has 1 saturated heterocycles. The summed E-state index contributed by atoms with van der Waals surface area (Å²) in [7, 11) is 0. The minimum absolute atomic E-state index is 0.120. The van der Waals surface area contributed by atoms with Crippen LogP contribution in [0.25, 0.3) is 0 Å². The third-order valence-electron chi connectivity index (χ3n) is 4.55. The first kappa shape index (κ1) is 15.9. The molecule has 1 aliphatic heterocycles. The molecule has 1 aromatic heterocycles. The maximum atomic E-state index is 12.4. The number of hydrogen-bond acceptors (Lipinski definition) is 5. The molecule has 1 saturated carbocycles. The first-order valence-electron chi connectivity index (χ1n) is 7.76. The molecule has 23 heavy (non-hydrogen) atoms. The third-order valence-corrected chi connectivity index (χ3v) is 5.39. The summed E-state index contributed by atoms with van der Waals surface area (Å²) >= 11 is 1.14. The van der Waals surface area contributed by atoms with E-state index in [1.165, 1.54) is 0 Å². The number of nitrogens with one attached hydrogen (secondary N) is 1. The van der Waals surface area contributed by atoms with E-state index in [1.807, 2.05) is 6.92 Å². The predicted molar refractivity (Wildman–Crippen MR) is 83.5 cm³/mol. The van der Waals surface area contributed by atoms with Crippen molar-refractivity contribution in [1.82, 2.24) is 15.2 Å². The van der Waals surface area contributed by atoms with Crippen LogP contribution >= 0.6 is 11.3 Å². The number of thiazole rings is 1. The van der Waals surface area contributed by atoms with Crippen LogP contribution in [-0.2, 0) is 4.79 Å². The average Bonchev–Trinajstić information content (AvgIpc) is 3.09. The predicted octanol–water partition coefficient (Wildman–Crippen LogP) is 1.36. The van der Waals surface area contributed by atoms with Crippen molar-refractivity contribution in [1.29, 1.82) is 0 Å². The second-order valence-electron chi connectivity index (χ2n) is 6.20. The van der Waals surface area contributed by atoms with E-state index in [2.05, 4.69) is 10.3 Å².